The molecule has 2 aliphatic rings. The quantitative estimate of drug-likeness (QED) is 0.477. The zero-order valence-electron chi connectivity index (χ0n) is 5.64. The minimum absolute atomic E-state index is 0.0370. The van der Waals surface area contributed by atoms with Crippen LogP contribution in [0.25, 0.3) is 0 Å². The molecular formula is C6H10N2O2. The van der Waals surface area contributed by atoms with Gasteiger partial charge in [-0.15, -0.1) is 0 Å². The summed E-state index contributed by atoms with van der Waals surface area (Å²) in [4.78, 5) is 10.7. The van der Waals surface area contributed by atoms with Crippen molar-refractivity contribution in [3.05, 3.63) is 0 Å². The average molecular weight is 142 g/mol. The zero-order chi connectivity index (χ0) is 7.03. The minimum Gasteiger partial charge on any atom is -0.449 e. The molecule has 2 rings (SSSR count). The fraction of sp³-hybridized carbons (Fsp3) is 0.833. The molecule has 4 heteroatoms. The monoisotopic (exact) mass is 142 g/mol. The summed E-state index contributed by atoms with van der Waals surface area (Å²) >= 11 is 0. The first-order valence-electron chi connectivity index (χ1n) is 3.46. The molecular weight excluding hydrogens is 132 g/mol. The van der Waals surface area contributed by atoms with Crippen LogP contribution in [0.5, 0.6) is 0 Å². The van der Waals surface area contributed by atoms with Crippen molar-refractivity contribution in [3.8, 4) is 0 Å². The van der Waals surface area contributed by atoms with Crippen molar-refractivity contribution in [2.45, 2.75) is 12.0 Å². The third-order valence-electron chi connectivity index (χ3n) is 2.11. The van der Waals surface area contributed by atoms with Gasteiger partial charge in [-0.1, -0.05) is 0 Å². The van der Waals surface area contributed by atoms with Crippen molar-refractivity contribution in [1.82, 2.24) is 10.6 Å². The molecule has 2 aliphatic heterocycles. The average Bonchev–Trinajstić information content (AvgIpc) is 1.85. The van der Waals surface area contributed by atoms with Crippen LogP contribution in [-0.4, -0.2) is 31.3 Å². The molecule has 0 aliphatic carbocycles. The van der Waals surface area contributed by atoms with Crippen molar-refractivity contribution in [1.29, 1.82) is 0 Å². The third-order valence-corrected chi connectivity index (χ3v) is 2.11. The van der Waals surface area contributed by atoms with Gasteiger partial charge < -0.3 is 15.4 Å². The predicted molar refractivity (Wildman–Crippen MR) is 34.7 cm³/mol. The van der Waals surface area contributed by atoms with Crippen LogP contribution >= 0.6 is 0 Å². The van der Waals surface area contributed by atoms with Gasteiger partial charge >= 0.3 is 6.09 Å². The van der Waals surface area contributed by atoms with Gasteiger partial charge in [0.15, 0.2) is 0 Å². The number of hydrogen-bond acceptors (Lipinski definition) is 3. The van der Waals surface area contributed by atoms with Gasteiger partial charge in [0.05, 0.1) is 12.1 Å². The molecule has 0 radical (unpaired) electrons. The molecule has 2 N–H and O–H groups in total. The topological polar surface area (TPSA) is 50.4 Å². The summed E-state index contributed by atoms with van der Waals surface area (Å²) < 4.78 is 4.73. The number of hydrogen-bond donors (Lipinski definition) is 2. The van der Waals surface area contributed by atoms with Gasteiger partial charge in [0.25, 0.3) is 0 Å². The largest absolute Gasteiger partial charge is 0.449 e. The molecule has 0 aromatic carbocycles. The SMILES string of the molecule is O=C1NC2(CCO1)CNC2. The van der Waals surface area contributed by atoms with E-state index in [1.54, 1.807) is 0 Å². The molecule has 10 heavy (non-hydrogen) atoms. The molecule has 2 fully saturated rings. The molecule has 0 saturated carbocycles. The first-order valence-corrected chi connectivity index (χ1v) is 3.46. The molecule has 0 aromatic heterocycles. The van der Waals surface area contributed by atoms with E-state index in [2.05, 4.69) is 10.6 Å². The number of amides is 1. The van der Waals surface area contributed by atoms with Gasteiger partial charge in [-0.2, -0.15) is 0 Å². The van der Waals surface area contributed by atoms with E-state index in [1.807, 2.05) is 0 Å². The Bertz CT molecular complexity index is 165. The van der Waals surface area contributed by atoms with Crippen molar-refractivity contribution < 1.29 is 9.53 Å². The van der Waals surface area contributed by atoms with Crippen LogP contribution in [0.1, 0.15) is 6.42 Å². The first kappa shape index (κ1) is 5.97. The minimum atomic E-state index is -0.271. The molecule has 0 atom stereocenters. The van der Waals surface area contributed by atoms with Gasteiger partial charge in [0.2, 0.25) is 0 Å². The molecule has 4 nitrogen and oxygen atoms in total. The van der Waals surface area contributed by atoms with Crippen LogP contribution in [0.3, 0.4) is 0 Å². The van der Waals surface area contributed by atoms with E-state index in [0.717, 1.165) is 19.5 Å². The Morgan fingerprint density at radius 2 is 2.30 bits per heavy atom. The van der Waals surface area contributed by atoms with E-state index < -0.39 is 0 Å². The lowest BCUT2D eigenvalue weighted by Gasteiger charge is -2.45. The Kier molecular flexibility index (Phi) is 1.11. The maximum Gasteiger partial charge on any atom is 0.407 e. The maximum absolute atomic E-state index is 10.7. The summed E-state index contributed by atoms with van der Waals surface area (Å²) in [5, 5.41) is 5.93. The van der Waals surface area contributed by atoms with Crippen LogP contribution in [0, 0.1) is 0 Å². The highest BCUT2D eigenvalue weighted by Gasteiger charge is 2.41. The van der Waals surface area contributed by atoms with Crippen molar-refractivity contribution in [3.63, 3.8) is 0 Å². The zero-order valence-corrected chi connectivity index (χ0v) is 5.64. The number of ether oxygens (including phenoxy) is 1. The van der Waals surface area contributed by atoms with Crippen LogP contribution in [0.15, 0.2) is 0 Å². The summed E-state index contributed by atoms with van der Waals surface area (Å²) in [5.74, 6) is 0. The number of carbonyl (C=O) groups is 1. The third kappa shape index (κ3) is 0.759. The second kappa shape index (κ2) is 1.85. The molecule has 0 bridgehead atoms. The maximum atomic E-state index is 10.7. The van der Waals surface area contributed by atoms with Crippen molar-refractivity contribution in [2.24, 2.45) is 0 Å². The number of alkyl carbamates (subject to hydrolysis) is 1. The summed E-state index contributed by atoms with van der Waals surface area (Å²) in [5.41, 5.74) is 0.0370. The number of carbonyl (C=O) groups excluding carboxylic acids is 1. The van der Waals surface area contributed by atoms with E-state index in [0.29, 0.717) is 6.61 Å². The Labute approximate surface area is 58.9 Å². The Hall–Kier alpha value is -0.770. The second-order valence-corrected chi connectivity index (χ2v) is 2.89. The van der Waals surface area contributed by atoms with E-state index in [4.69, 9.17) is 4.74 Å². The molecule has 56 valence electrons. The lowest BCUT2D eigenvalue weighted by atomic mass is 9.88. The highest BCUT2D eigenvalue weighted by molar-refractivity contribution is 5.69. The summed E-state index contributed by atoms with van der Waals surface area (Å²) in [6.07, 6.45) is 0.666. The van der Waals surface area contributed by atoms with E-state index in [1.165, 1.54) is 0 Å². The van der Waals surface area contributed by atoms with Gasteiger partial charge in [-0.05, 0) is 0 Å². The Morgan fingerprint density at radius 1 is 1.50 bits per heavy atom. The van der Waals surface area contributed by atoms with Crippen molar-refractivity contribution >= 4 is 6.09 Å². The van der Waals surface area contributed by atoms with Crippen LogP contribution in [-0.2, 0) is 4.74 Å². The molecule has 1 amide bonds. The first-order chi connectivity index (χ1) is 4.81. The number of nitrogens with one attached hydrogen (secondary N) is 2. The van der Waals surface area contributed by atoms with E-state index in [-0.39, 0.29) is 11.6 Å². The summed E-state index contributed by atoms with van der Waals surface area (Å²) in [6, 6.07) is 0. The van der Waals surface area contributed by atoms with Crippen LogP contribution < -0.4 is 10.6 Å². The highest BCUT2D eigenvalue weighted by Crippen LogP contribution is 2.19. The lowest BCUT2D eigenvalue weighted by molar-refractivity contribution is 0.0654. The number of rotatable bonds is 0. The van der Waals surface area contributed by atoms with Gasteiger partial charge in [-0.25, -0.2) is 4.79 Å². The van der Waals surface area contributed by atoms with Gasteiger partial charge in [-0.3, -0.25) is 0 Å². The Balaban J connectivity index is 2.02. The van der Waals surface area contributed by atoms with E-state index in [9.17, 15) is 4.79 Å². The summed E-state index contributed by atoms with van der Waals surface area (Å²) in [6.45, 7) is 2.34. The molecule has 0 aromatic rings. The molecule has 0 unspecified atom stereocenters. The fourth-order valence-electron chi connectivity index (χ4n) is 1.35. The van der Waals surface area contributed by atoms with Gasteiger partial charge in [0, 0.05) is 19.5 Å². The van der Waals surface area contributed by atoms with E-state index >= 15 is 0 Å². The van der Waals surface area contributed by atoms with Crippen molar-refractivity contribution in [2.75, 3.05) is 19.7 Å². The fourth-order valence-corrected chi connectivity index (χ4v) is 1.35. The summed E-state index contributed by atoms with van der Waals surface area (Å²) in [7, 11) is 0. The lowest BCUT2D eigenvalue weighted by Crippen LogP contribution is -2.71. The molecule has 1 spiro atoms. The van der Waals surface area contributed by atoms with Gasteiger partial charge in [0.1, 0.15) is 0 Å². The predicted octanol–water partition coefficient (Wildman–Crippen LogP) is -0.542. The molecule has 2 heterocycles. The second-order valence-electron chi connectivity index (χ2n) is 2.89. The Morgan fingerprint density at radius 3 is 2.70 bits per heavy atom. The normalized spacial score (nSPS) is 28.6. The standard InChI is InChI=1S/C6H10N2O2/c9-5-8-6(1-2-10-5)3-7-4-6/h7H,1-4H2,(H,8,9). The van der Waals surface area contributed by atoms with Crippen LogP contribution in [0.4, 0.5) is 4.79 Å². The highest BCUT2D eigenvalue weighted by atomic mass is 16.6. The number of cyclic esters (lactones) is 1. The molecule has 2 saturated heterocycles. The smallest absolute Gasteiger partial charge is 0.407 e. The van der Waals surface area contributed by atoms with Crippen LogP contribution in [0.2, 0.25) is 0 Å².